The molecule has 1 heterocycles. The molecule has 0 radical (unpaired) electrons. The van der Waals surface area contributed by atoms with E-state index in [1.54, 1.807) is 0 Å². The van der Waals surface area contributed by atoms with Crippen molar-refractivity contribution in [1.82, 2.24) is 0 Å². The Hall–Kier alpha value is -2.55. The van der Waals surface area contributed by atoms with E-state index in [4.69, 9.17) is 0 Å². The van der Waals surface area contributed by atoms with Crippen molar-refractivity contribution >= 4 is 17.2 Å². The molecule has 2 aromatic carbocycles. The van der Waals surface area contributed by atoms with E-state index in [-0.39, 0.29) is 17.1 Å². The smallest absolute Gasteiger partial charge is 0.162 e. The van der Waals surface area contributed by atoms with E-state index in [1.807, 2.05) is 14.1 Å². The maximum Gasteiger partial charge on any atom is 0.162 e. The number of ketones is 1. The molecule has 3 nitrogen and oxygen atoms in total. The van der Waals surface area contributed by atoms with Gasteiger partial charge in [0.05, 0.1) is 0 Å². The molecule has 0 amide bonds. The highest BCUT2D eigenvalue weighted by Crippen LogP contribution is 2.49. The SMILES string of the molecule is Cc1ccc2c(c1)C(c1ccc(N(C)C)cc1)C1=C(CC(C)(C)CC1=O)N2. The summed E-state index contributed by atoms with van der Waals surface area (Å²) in [6, 6.07) is 15.2. The maximum atomic E-state index is 13.2. The van der Waals surface area contributed by atoms with Gasteiger partial charge in [-0.3, -0.25) is 4.79 Å². The number of anilines is 2. The molecule has 0 bridgehead atoms. The van der Waals surface area contributed by atoms with Gasteiger partial charge in [-0.1, -0.05) is 43.7 Å². The molecule has 1 aliphatic carbocycles. The van der Waals surface area contributed by atoms with Crippen LogP contribution in [0.4, 0.5) is 11.4 Å². The van der Waals surface area contributed by atoms with Crippen molar-refractivity contribution in [2.45, 2.75) is 39.5 Å². The molecule has 2 aliphatic rings. The van der Waals surface area contributed by atoms with E-state index < -0.39 is 0 Å². The van der Waals surface area contributed by atoms with Gasteiger partial charge in [0.25, 0.3) is 0 Å². The zero-order valence-electron chi connectivity index (χ0n) is 16.9. The minimum atomic E-state index is 0.00441. The molecule has 1 unspecified atom stereocenters. The van der Waals surface area contributed by atoms with Crippen molar-refractivity contribution in [1.29, 1.82) is 0 Å². The minimum Gasteiger partial charge on any atom is -0.378 e. The molecule has 2 aromatic rings. The van der Waals surface area contributed by atoms with Gasteiger partial charge in [0.2, 0.25) is 0 Å². The predicted molar refractivity (Wildman–Crippen MR) is 112 cm³/mol. The number of allylic oxidation sites excluding steroid dienone is 2. The van der Waals surface area contributed by atoms with Crippen LogP contribution in [0.3, 0.4) is 0 Å². The molecule has 0 fully saturated rings. The van der Waals surface area contributed by atoms with E-state index in [1.165, 1.54) is 22.4 Å². The summed E-state index contributed by atoms with van der Waals surface area (Å²) in [6.07, 6.45) is 1.52. The van der Waals surface area contributed by atoms with E-state index in [9.17, 15) is 4.79 Å². The monoisotopic (exact) mass is 360 g/mol. The van der Waals surface area contributed by atoms with Gasteiger partial charge >= 0.3 is 0 Å². The van der Waals surface area contributed by atoms with E-state index in [0.717, 1.165) is 23.4 Å². The normalized spacial score (nSPS) is 20.6. The second kappa shape index (κ2) is 6.26. The first-order valence-electron chi connectivity index (χ1n) is 9.66. The summed E-state index contributed by atoms with van der Waals surface area (Å²) in [5.41, 5.74) is 7.99. The maximum absolute atomic E-state index is 13.2. The van der Waals surface area contributed by atoms with Gasteiger partial charge in [0.1, 0.15) is 0 Å². The van der Waals surface area contributed by atoms with Crippen molar-refractivity contribution < 1.29 is 4.79 Å². The highest BCUT2D eigenvalue weighted by atomic mass is 16.1. The van der Waals surface area contributed by atoms with E-state index in [2.05, 4.69) is 73.5 Å². The number of carbonyl (C=O) groups excluding carboxylic acids is 1. The summed E-state index contributed by atoms with van der Waals surface area (Å²) in [4.78, 5) is 15.3. The number of nitrogens with zero attached hydrogens (tertiary/aromatic N) is 1. The summed E-state index contributed by atoms with van der Waals surface area (Å²) in [5.74, 6) is 0.290. The number of rotatable bonds is 2. The molecular formula is C24H28N2O. The molecule has 1 atom stereocenters. The zero-order chi connectivity index (χ0) is 19.3. The van der Waals surface area contributed by atoms with Gasteiger partial charge in [-0.05, 0) is 48.1 Å². The molecule has 0 saturated carbocycles. The first kappa shape index (κ1) is 17.8. The molecule has 3 heteroatoms. The molecule has 27 heavy (non-hydrogen) atoms. The molecule has 0 spiro atoms. The van der Waals surface area contributed by atoms with Gasteiger partial charge in [-0.25, -0.2) is 0 Å². The molecule has 140 valence electrons. The Labute approximate surface area is 162 Å². The van der Waals surface area contributed by atoms with Gasteiger partial charge in [-0.2, -0.15) is 0 Å². The number of carbonyl (C=O) groups is 1. The topological polar surface area (TPSA) is 32.3 Å². The lowest BCUT2D eigenvalue weighted by Gasteiger charge is -2.39. The Morgan fingerprint density at radius 1 is 1.04 bits per heavy atom. The highest BCUT2D eigenvalue weighted by Gasteiger charge is 2.40. The van der Waals surface area contributed by atoms with Gasteiger partial charge in [0, 0.05) is 49.1 Å². The van der Waals surface area contributed by atoms with Gasteiger partial charge in [0.15, 0.2) is 5.78 Å². The third-order valence-corrected chi connectivity index (χ3v) is 5.76. The molecule has 1 N–H and O–H groups in total. The quantitative estimate of drug-likeness (QED) is 0.793. The average molecular weight is 361 g/mol. The van der Waals surface area contributed by atoms with Crippen LogP contribution in [0, 0.1) is 12.3 Å². The van der Waals surface area contributed by atoms with Crippen LogP contribution in [-0.2, 0) is 4.79 Å². The van der Waals surface area contributed by atoms with Crippen LogP contribution in [-0.4, -0.2) is 19.9 Å². The van der Waals surface area contributed by atoms with Crippen molar-refractivity contribution in [3.63, 3.8) is 0 Å². The molecule has 4 rings (SSSR count). The zero-order valence-corrected chi connectivity index (χ0v) is 16.9. The number of hydrogen-bond acceptors (Lipinski definition) is 3. The number of benzene rings is 2. The first-order chi connectivity index (χ1) is 12.7. The van der Waals surface area contributed by atoms with E-state index in [0.29, 0.717) is 6.42 Å². The van der Waals surface area contributed by atoms with Crippen LogP contribution in [0.1, 0.15) is 49.3 Å². The number of fused-ring (bicyclic) bond motifs is 1. The van der Waals surface area contributed by atoms with Gasteiger partial charge < -0.3 is 10.2 Å². The fraction of sp³-hybridized carbons (Fsp3) is 0.375. The third-order valence-electron chi connectivity index (χ3n) is 5.76. The first-order valence-corrected chi connectivity index (χ1v) is 9.66. The summed E-state index contributed by atoms with van der Waals surface area (Å²) >= 11 is 0. The number of aryl methyl sites for hydroxylation is 1. The lowest BCUT2D eigenvalue weighted by atomic mass is 9.68. The fourth-order valence-electron chi connectivity index (χ4n) is 4.45. The third kappa shape index (κ3) is 3.16. The molecular weight excluding hydrogens is 332 g/mol. The summed E-state index contributed by atoms with van der Waals surface area (Å²) in [6.45, 7) is 6.48. The number of Topliss-reactive ketones (excluding diaryl/α,β-unsaturated/α-hetero) is 1. The second-order valence-corrected chi connectivity index (χ2v) is 8.97. The number of nitrogens with one attached hydrogen (secondary N) is 1. The van der Waals surface area contributed by atoms with Crippen LogP contribution in [0.2, 0.25) is 0 Å². The lowest BCUT2D eigenvalue weighted by molar-refractivity contribution is -0.118. The largest absolute Gasteiger partial charge is 0.378 e. The Kier molecular flexibility index (Phi) is 4.14. The molecule has 0 aromatic heterocycles. The number of hydrogen-bond donors (Lipinski definition) is 1. The average Bonchev–Trinajstić information content (AvgIpc) is 2.59. The Balaban J connectivity index is 1.89. The molecule has 1 aliphatic heterocycles. The van der Waals surface area contributed by atoms with E-state index >= 15 is 0 Å². The van der Waals surface area contributed by atoms with Crippen LogP contribution in [0.5, 0.6) is 0 Å². The summed E-state index contributed by atoms with van der Waals surface area (Å²) < 4.78 is 0. The van der Waals surface area contributed by atoms with Crippen molar-refractivity contribution in [2.24, 2.45) is 5.41 Å². The second-order valence-electron chi connectivity index (χ2n) is 8.97. The predicted octanol–water partition coefficient (Wildman–Crippen LogP) is 5.26. The Bertz CT molecular complexity index is 935. The summed E-state index contributed by atoms with van der Waals surface area (Å²) in [7, 11) is 4.09. The standard InChI is InChI=1S/C24H28N2O/c1-15-6-11-19-18(12-15)22(16-7-9-17(10-8-16)26(4)5)23-20(25-19)13-24(2,3)14-21(23)27/h6-12,22,25H,13-14H2,1-5H3. The van der Waals surface area contributed by atoms with Crippen LogP contribution in [0.15, 0.2) is 53.7 Å². The van der Waals surface area contributed by atoms with Crippen molar-refractivity contribution in [3.05, 3.63) is 70.4 Å². The van der Waals surface area contributed by atoms with Crippen LogP contribution in [0.25, 0.3) is 0 Å². The fourth-order valence-corrected chi connectivity index (χ4v) is 4.45. The van der Waals surface area contributed by atoms with Gasteiger partial charge in [-0.15, -0.1) is 0 Å². The highest BCUT2D eigenvalue weighted by molar-refractivity contribution is 6.01. The Morgan fingerprint density at radius 2 is 1.74 bits per heavy atom. The summed E-state index contributed by atoms with van der Waals surface area (Å²) in [5, 5.41) is 3.59. The molecule has 0 saturated heterocycles. The minimum absolute atomic E-state index is 0.00441. The van der Waals surface area contributed by atoms with Crippen molar-refractivity contribution in [3.8, 4) is 0 Å². The van der Waals surface area contributed by atoms with Crippen molar-refractivity contribution in [2.75, 3.05) is 24.3 Å². The van der Waals surface area contributed by atoms with Crippen LogP contribution >= 0.6 is 0 Å². The van der Waals surface area contributed by atoms with Crippen LogP contribution < -0.4 is 10.2 Å². The lowest BCUT2D eigenvalue weighted by Crippen LogP contribution is -2.33. The Morgan fingerprint density at radius 3 is 2.41 bits per heavy atom.